The fourth-order valence-electron chi connectivity index (χ4n) is 1.45. The van der Waals surface area contributed by atoms with E-state index in [4.69, 9.17) is 0 Å². The third-order valence-corrected chi connectivity index (χ3v) is 2.33. The largest absolute Gasteiger partial charge is 0.352 e. The van der Waals surface area contributed by atoms with Gasteiger partial charge in [0.15, 0.2) is 0 Å². The average Bonchev–Trinajstić information content (AvgIpc) is 2.24. The van der Waals surface area contributed by atoms with Gasteiger partial charge in [-0.3, -0.25) is 4.79 Å². The van der Waals surface area contributed by atoms with Crippen LogP contribution in [0.15, 0.2) is 30.3 Å². The van der Waals surface area contributed by atoms with E-state index < -0.39 is 0 Å². The normalized spacial score (nSPS) is 11.2. The molecule has 0 spiro atoms. The first-order valence-corrected chi connectivity index (χ1v) is 5.63. The minimum absolute atomic E-state index is 0.0157. The lowest BCUT2D eigenvalue weighted by Crippen LogP contribution is -2.37. The summed E-state index contributed by atoms with van der Waals surface area (Å²) >= 11 is 0. The Morgan fingerprint density at radius 1 is 1.19 bits per heavy atom. The first-order chi connectivity index (χ1) is 7.49. The fraction of sp³-hybridized carbons (Fsp3) is 0.462. The molecule has 1 aromatic rings. The summed E-state index contributed by atoms with van der Waals surface area (Å²) in [5.74, 6) is 0.0157. The molecule has 16 heavy (non-hydrogen) atoms. The number of hydrogen-bond donors (Lipinski definition) is 1. The molecule has 1 aromatic carbocycles. The summed E-state index contributed by atoms with van der Waals surface area (Å²) in [6.07, 6.45) is 1.00. The molecule has 88 valence electrons. The molecule has 0 aliphatic rings. The molecule has 0 saturated heterocycles. The minimum atomic E-state index is 0.0157. The second-order valence-electron chi connectivity index (χ2n) is 4.99. The second-order valence-corrected chi connectivity index (χ2v) is 4.99. The number of nitrogens with one attached hydrogen (secondary N) is 1. The van der Waals surface area contributed by atoms with Gasteiger partial charge in [0.25, 0.3) is 5.91 Å². The number of benzene rings is 1. The minimum Gasteiger partial charge on any atom is -0.352 e. The van der Waals surface area contributed by atoms with E-state index >= 15 is 0 Å². The van der Waals surface area contributed by atoms with E-state index in [1.165, 1.54) is 0 Å². The standard InChI is InChI=1S/C13H20N2O/c1-15(2,3)11-7-10-14-13(16)12-8-5-4-6-9-12/h4-6,8-9H,7,10-11H2,1-3H3/p+1. The van der Waals surface area contributed by atoms with E-state index in [0.29, 0.717) is 0 Å². The third kappa shape index (κ3) is 4.94. The monoisotopic (exact) mass is 221 g/mol. The van der Waals surface area contributed by atoms with Crippen LogP contribution in [-0.4, -0.2) is 44.6 Å². The molecule has 0 radical (unpaired) electrons. The number of carbonyl (C=O) groups is 1. The van der Waals surface area contributed by atoms with Gasteiger partial charge in [-0.05, 0) is 12.1 Å². The van der Waals surface area contributed by atoms with Crippen LogP contribution in [0.25, 0.3) is 0 Å². The van der Waals surface area contributed by atoms with Gasteiger partial charge in [-0.25, -0.2) is 0 Å². The van der Waals surface area contributed by atoms with Gasteiger partial charge in [0.2, 0.25) is 0 Å². The van der Waals surface area contributed by atoms with Crippen LogP contribution >= 0.6 is 0 Å². The van der Waals surface area contributed by atoms with Crippen LogP contribution in [0.3, 0.4) is 0 Å². The average molecular weight is 221 g/mol. The number of quaternary nitrogens is 1. The van der Waals surface area contributed by atoms with Crippen LogP contribution in [0, 0.1) is 0 Å². The lowest BCUT2D eigenvalue weighted by molar-refractivity contribution is -0.870. The van der Waals surface area contributed by atoms with Gasteiger partial charge in [0, 0.05) is 18.5 Å². The van der Waals surface area contributed by atoms with Gasteiger partial charge < -0.3 is 9.80 Å². The Hall–Kier alpha value is -1.35. The molecule has 1 amide bonds. The second kappa shape index (κ2) is 5.66. The predicted molar refractivity (Wildman–Crippen MR) is 66.3 cm³/mol. The molecule has 0 aromatic heterocycles. The first-order valence-electron chi connectivity index (χ1n) is 5.63. The first kappa shape index (κ1) is 12.7. The molecule has 1 rings (SSSR count). The lowest BCUT2D eigenvalue weighted by Gasteiger charge is -2.23. The van der Waals surface area contributed by atoms with E-state index in [1.807, 2.05) is 30.3 Å². The van der Waals surface area contributed by atoms with E-state index in [-0.39, 0.29) is 5.91 Å². The Morgan fingerprint density at radius 2 is 1.81 bits per heavy atom. The van der Waals surface area contributed by atoms with Gasteiger partial charge in [-0.15, -0.1) is 0 Å². The number of carbonyl (C=O) groups excluding carboxylic acids is 1. The maximum absolute atomic E-state index is 11.7. The predicted octanol–water partition coefficient (Wildman–Crippen LogP) is 1.51. The van der Waals surface area contributed by atoms with Gasteiger partial charge in [0.05, 0.1) is 27.7 Å². The number of hydrogen-bond acceptors (Lipinski definition) is 1. The van der Waals surface area contributed by atoms with Gasteiger partial charge in [-0.2, -0.15) is 0 Å². The molecule has 0 aliphatic heterocycles. The van der Waals surface area contributed by atoms with Crippen molar-refractivity contribution in [2.24, 2.45) is 0 Å². The maximum atomic E-state index is 11.7. The quantitative estimate of drug-likeness (QED) is 0.592. The smallest absolute Gasteiger partial charge is 0.251 e. The van der Waals surface area contributed by atoms with Crippen molar-refractivity contribution < 1.29 is 9.28 Å². The highest BCUT2D eigenvalue weighted by molar-refractivity contribution is 5.94. The zero-order chi connectivity index (χ0) is 12.0. The molecule has 3 heteroatoms. The van der Waals surface area contributed by atoms with Crippen LogP contribution in [0.4, 0.5) is 0 Å². The van der Waals surface area contributed by atoms with Crippen molar-refractivity contribution in [1.82, 2.24) is 5.32 Å². The molecule has 0 aliphatic carbocycles. The van der Waals surface area contributed by atoms with Crippen molar-refractivity contribution in [1.29, 1.82) is 0 Å². The summed E-state index contributed by atoms with van der Waals surface area (Å²) in [6.45, 7) is 1.80. The van der Waals surface area contributed by atoms with Crippen LogP contribution in [0.2, 0.25) is 0 Å². The molecule has 0 fully saturated rings. The lowest BCUT2D eigenvalue weighted by atomic mass is 10.2. The fourth-order valence-corrected chi connectivity index (χ4v) is 1.45. The SMILES string of the molecule is C[N+](C)(C)CCCNC(=O)c1ccccc1. The molecule has 3 nitrogen and oxygen atoms in total. The molecule has 0 bridgehead atoms. The Labute approximate surface area is 97.7 Å². The highest BCUT2D eigenvalue weighted by Crippen LogP contribution is 1.98. The highest BCUT2D eigenvalue weighted by Gasteiger charge is 2.07. The highest BCUT2D eigenvalue weighted by atomic mass is 16.1. The van der Waals surface area contributed by atoms with Crippen LogP contribution in [0.1, 0.15) is 16.8 Å². The van der Waals surface area contributed by atoms with Gasteiger partial charge >= 0.3 is 0 Å². The number of amides is 1. The van der Waals surface area contributed by atoms with Crippen molar-refractivity contribution in [3.05, 3.63) is 35.9 Å². The summed E-state index contributed by atoms with van der Waals surface area (Å²) in [5, 5.41) is 2.92. The molecular formula is C13H21N2O+. The summed E-state index contributed by atoms with van der Waals surface area (Å²) < 4.78 is 0.932. The summed E-state index contributed by atoms with van der Waals surface area (Å²) in [5.41, 5.74) is 0.729. The van der Waals surface area contributed by atoms with Crippen LogP contribution < -0.4 is 5.32 Å². The van der Waals surface area contributed by atoms with Gasteiger partial charge in [0.1, 0.15) is 0 Å². The molecule has 1 N–H and O–H groups in total. The van der Waals surface area contributed by atoms with Gasteiger partial charge in [-0.1, -0.05) is 18.2 Å². The van der Waals surface area contributed by atoms with E-state index in [0.717, 1.165) is 29.6 Å². The van der Waals surface area contributed by atoms with E-state index in [2.05, 4.69) is 26.5 Å². The van der Waals surface area contributed by atoms with Crippen molar-refractivity contribution >= 4 is 5.91 Å². The Kier molecular flexibility index (Phi) is 4.50. The number of nitrogens with zero attached hydrogens (tertiary/aromatic N) is 1. The maximum Gasteiger partial charge on any atom is 0.251 e. The summed E-state index contributed by atoms with van der Waals surface area (Å²) in [4.78, 5) is 11.7. The molecule has 0 heterocycles. The van der Waals surface area contributed by atoms with Crippen LogP contribution in [-0.2, 0) is 0 Å². The Morgan fingerprint density at radius 3 is 2.38 bits per heavy atom. The Balaban J connectivity index is 2.27. The van der Waals surface area contributed by atoms with Crippen molar-refractivity contribution in [2.45, 2.75) is 6.42 Å². The third-order valence-electron chi connectivity index (χ3n) is 2.33. The summed E-state index contributed by atoms with van der Waals surface area (Å²) in [7, 11) is 6.46. The zero-order valence-corrected chi connectivity index (χ0v) is 10.4. The van der Waals surface area contributed by atoms with E-state index in [1.54, 1.807) is 0 Å². The molecule has 0 unspecified atom stereocenters. The molecular weight excluding hydrogens is 200 g/mol. The van der Waals surface area contributed by atoms with Crippen molar-refractivity contribution in [2.75, 3.05) is 34.2 Å². The van der Waals surface area contributed by atoms with Crippen molar-refractivity contribution in [3.63, 3.8) is 0 Å². The summed E-state index contributed by atoms with van der Waals surface area (Å²) in [6, 6.07) is 9.32. The van der Waals surface area contributed by atoms with Crippen LogP contribution in [0.5, 0.6) is 0 Å². The van der Waals surface area contributed by atoms with E-state index in [9.17, 15) is 4.79 Å². The Bertz CT molecular complexity index is 328. The zero-order valence-electron chi connectivity index (χ0n) is 10.4. The topological polar surface area (TPSA) is 29.1 Å². The number of rotatable bonds is 5. The van der Waals surface area contributed by atoms with Crippen molar-refractivity contribution in [3.8, 4) is 0 Å². The molecule has 0 saturated carbocycles. The molecule has 0 atom stereocenters.